The maximum absolute atomic E-state index is 13.1. The second kappa shape index (κ2) is 8.19. The summed E-state index contributed by atoms with van der Waals surface area (Å²) in [6.45, 7) is 8.22. The molecule has 5 nitrogen and oxygen atoms in total. The lowest BCUT2D eigenvalue weighted by atomic mass is 9.98. The molecule has 3 heterocycles. The van der Waals surface area contributed by atoms with E-state index in [4.69, 9.17) is 0 Å². The fourth-order valence-electron chi connectivity index (χ4n) is 3.65. The van der Waals surface area contributed by atoms with E-state index in [0.717, 1.165) is 39.1 Å². The minimum Gasteiger partial charge on any atom is -0.345 e. The number of aromatic nitrogens is 4. The molecule has 0 fully saturated rings. The first-order valence-corrected chi connectivity index (χ1v) is 10.3. The van der Waals surface area contributed by atoms with Crippen molar-refractivity contribution in [3.63, 3.8) is 0 Å². The molecule has 0 aliphatic rings. The van der Waals surface area contributed by atoms with Crippen LogP contribution in [0.3, 0.4) is 0 Å². The average molecular weight is 399 g/mol. The normalized spacial score (nSPS) is 11.4. The third-order valence-electron chi connectivity index (χ3n) is 5.35. The summed E-state index contributed by atoms with van der Waals surface area (Å²) in [5.41, 5.74) is 6.46. The van der Waals surface area contributed by atoms with E-state index in [2.05, 4.69) is 51.7 Å². The zero-order valence-electron chi connectivity index (χ0n) is 17.9. The van der Waals surface area contributed by atoms with Crippen molar-refractivity contribution in [1.29, 1.82) is 0 Å². The molecule has 0 amide bonds. The van der Waals surface area contributed by atoms with Crippen LogP contribution >= 0.6 is 0 Å². The first-order chi connectivity index (χ1) is 14.4. The maximum Gasteiger partial charge on any atom is 0.163 e. The molecule has 152 valence electrons. The number of carbonyl (C=O) groups excluding carboxylic acids is 1. The Labute approximate surface area is 176 Å². The van der Waals surface area contributed by atoms with Gasteiger partial charge in [-0.2, -0.15) is 0 Å². The molecule has 0 aliphatic heterocycles. The predicted molar refractivity (Wildman–Crippen MR) is 120 cm³/mol. The van der Waals surface area contributed by atoms with Gasteiger partial charge in [-0.25, -0.2) is 0 Å². The van der Waals surface area contributed by atoms with Crippen LogP contribution in [0.4, 0.5) is 0 Å². The Morgan fingerprint density at radius 1 is 1.00 bits per heavy atom. The molecular weight excluding hydrogens is 372 g/mol. The van der Waals surface area contributed by atoms with Gasteiger partial charge in [0.25, 0.3) is 0 Å². The summed E-state index contributed by atoms with van der Waals surface area (Å²) in [6, 6.07) is 10.5. The number of pyridine rings is 1. The van der Waals surface area contributed by atoms with Gasteiger partial charge in [-0.15, -0.1) is 0 Å². The van der Waals surface area contributed by atoms with E-state index < -0.39 is 0 Å². The Kier molecular flexibility index (Phi) is 5.44. The first kappa shape index (κ1) is 20.0. The molecule has 30 heavy (non-hydrogen) atoms. The van der Waals surface area contributed by atoms with Crippen LogP contribution in [0.1, 0.15) is 53.6 Å². The summed E-state index contributed by atoms with van der Waals surface area (Å²) in [4.78, 5) is 26.3. The van der Waals surface area contributed by atoms with Crippen LogP contribution in [0.15, 0.2) is 55.1 Å². The van der Waals surface area contributed by atoms with E-state index in [1.165, 1.54) is 0 Å². The fourth-order valence-corrected chi connectivity index (χ4v) is 3.65. The summed E-state index contributed by atoms with van der Waals surface area (Å²) in [5.74, 6) is 0.101. The third-order valence-corrected chi connectivity index (χ3v) is 5.35. The number of ketones is 1. The van der Waals surface area contributed by atoms with Crippen molar-refractivity contribution in [3.05, 3.63) is 77.6 Å². The summed E-state index contributed by atoms with van der Waals surface area (Å²) in [6.07, 6.45) is 8.41. The molecule has 0 saturated carbocycles. The van der Waals surface area contributed by atoms with Gasteiger partial charge in [0.15, 0.2) is 5.78 Å². The summed E-state index contributed by atoms with van der Waals surface area (Å²) < 4.78 is 2.20. The van der Waals surface area contributed by atoms with Gasteiger partial charge >= 0.3 is 0 Å². The minimum atomic E-state index is 0.101. The zero-order chi connectivity index (χ0) is 21.3. The number of carbonyl (C=O) groups is 1. The van der Waals surface area contributed by atoms with Crippen LogP contribution < -0.4 is 0 Å². The van der Waals surface area contributed by atoms with Crippen LogP contribution in [0, 0.1) is 13.8 Å². The largest absolute Gasteiger partial charge is 0.345 e. The number of nitrogens with zero attached hydrogens (tertiary/aromatic N) is 4. The number of fused-ring (bicyclic) bond motifs is 1. The number of hydrogen-bond acceptors (Lipinski definition) is 4. The molecular formula is C25H26N4O. The van der Waals surface area contributed by atoms with Crippen molar-refractivity contribution >= 4 is 16.7 Å². The molecule has 0 aliphatic carbocycles. The fraction of sp³-hybridized carbons (Fsp3) is 0.280. The van der Waals surface area contributed by atoms with Crippen LogP contribution in [-0.4, -0.2) is 25.3 Å². The Balaban J connectivity index is 1.73. The van der Waals surface area contributed by atoms with Crippen LogP contribution in [-0.2, 0) is 6.42 Å². The molecule has 0 saturated heterocycles. The van der Waals surface area contributed by atoms with Gasteiger partial charge in [0.2, 0.25) is 0 Å². The van der Waals surface area contributed by atoms with Crippen molar-refractivity contribution in [3.8, 4) is 11.3 Å². The lowest BCUT2D eigenvalue weighted by molar-refractivity contribution is 0.0982. The van der Waals surface area contributed by atoms with Gasteiger partial charge < -0.3 is 4.57 Å². The van der Waals surface area contributed by atoms with Crippen molar-refractivity contribution in [2.75, 3.05) is 0 Å². The molecule has 0 radical (unpaired) electrons. The number of rotatable bonds is 6. The monoisotopic (exact) mass is 398 g/mol. The number of hydrogen-bond donors (Lipinski definition) is 0. The molecule has 0 unspecified atom stereocenters. The van der Waals surface area contributed by atoms with Gasteiger partial charge in [0.1, 0.15) is 0 Å². The van der Waals surface area contributed by atoms with E-state index in [1.807, 2.05) is 38.2 Å². The Bertz CT molecular complexity index is 1190. The van der Waals surface area contributed by atoms with E-state index in [9.17, 15) is 4.79 Å². The predicted octanol–water partition coefficient (Wildman–Crippen LogP) is 5.51. The highest BCUT2D eigenvalue weighted by Crippen LogP contribution is 2.32. The van der Waals surface area contributed by atoms with Gasteiger partial charge in [0.05, 0.1) is 17.1 Å². The van der Waals surface area contributed by atoms with Crippen molar-refractivity contribution in [2.24, 2.45) is 0 Å². The SMILES string of the molecule is Cc1ccc(-c2cc(C(=O)CCc3cnc(C)cn3)cc3c2ccn3C(C)C)nc1. The Morgan fingerprint density at radius 3 is 2.50 bits per heavy atom. The topological polar surface area (TPSA) is 60.7 Å². The van der Waals surface area contributed by atoms with Crippen molar-refractivity contribution < 1.29 is 4.79 Å². The molecule has 0 bridgehead atoms. The standard InChI is InChI=1S/C25H26N4O/c1-16(2)29-10-9-21-22(23-7-5-17(3)13-28-23)11-19(12-24(21)29)25(30)8-6-20-15-26-18(4)14-27-20/h5,7,9-16H,6,8H2,1-4H3. The van der Waals surface area contributed by atoms with E-state index in [-0.39, 0.29) is 5.78 Å². The molecule has 0 spiro atoms. The molecule has 4 aromatic rings. The van der Waals surface area contributed by atoms with Crippen LogP contribution in [0.25, 0.3) is 22.2 Å². The third kappa shape index (κ3) is 4.01. The van der Waals surface area contributed by atoms with Crippen molar-refractivity contribution in [1.82, 2.24) is 19.5 Å². The lowest BCUT2D eigenvalue weighted by Crippen LogP contribution is -2.05. The quantitative estimate of drug-likeness (QED) is 0.402. The second-order valence-corrected chi connectivity index (χ2v) is 8.07. The number of Topliss-reactive ketones (excluding diaryl/α,β-unsaturated/α-hetero) is 1. The van der Waals surface area contributed by atoms with E-state index in [1.54, 1.807) is 12.4 Å². The smallest absolute Gasteiger partial charge is 0.163 e. The van der Waals surface area contributed by atoms with Gasteiger partial charge in [-0.1, -0.05) is 6.07 Å². The Morgan fingerprint density at radius 2 is 1.83 bits per heavy atom. The number of benzene rings is 1. The molecule has 5 heteroatoms. The molecule has 4 rings (SSSR count). The number of aryl methyl sites for hydroxylation is 3. The highest BCUT2D eigenvalue weighted by Gasteiger charge is 2.16. The molecule has 3 aromatic heterocycles. The molecule has 0 N–H and O–H groups in total. The first-order valence-electron chi connectivity index (χ1n) is 10.3. The van der Waals surface area contributed by atoms with E-state index in [0.29, 0.717) is 24.4 Å². The van der Waals surface area contributed by atoms with Gasteiger partial charge in [-0.3, -0.25) is 19.7 Å². The van der Waals surface area contributed by atoms with Crippen LogP contribution in [0.2, 0.25) is 0 Å². The van der Waals surface area contributed by atoms with Crippen LogP contribution in [0.5, 0.6) is 0 Å². The Hall–Kier alpha value is -3.34. The zero-order valence-corrected chi connectivity index (χ0v) is 17.9. The maximum atomic E-state index is 13.1. The summed E-state index contributed by atoms with van der Waals surface area (Å²) >= 11 is 0. The second-order valence-electron chi connectivity index (χ2n) is 8.07. The minimum absolute atomic E-state index is 0.101. The summed E-state index contributed by atoms with van der Waals surface area (Å²) in [5, 5.41) is 1.11. The van der Waals surface area contributed by atoms with Gasteiger partial charge in [-0.05, 0) is 63.9 Å². The van der Waals surface area contributed by atoms with E-state index >= 15 is 0 Å². The lowest BCUT2D eigenvalue weighted by Gasteiger charge is -2.13. The molecule has 0 atom stereocenters. The highest BCUT2D eigenvalue weighted by molar-refractivity contribution is 6.04. The summed E-state index contributed by atoms with van der Waals surface area (Å²) in [7, 11) is 0. The average Bonchev–Trinajstić information content (AvgIpc) is 3.17. The van der Waals surface area contributed by atoms with Gasteiger partial charge in [0, 0.05) is 59.3 Å². The highest BCUT2D eigenvalue weighted by atomic mass is 16.1. The molecule has 1 aromatic carbocycles. The van der Waals surface area contributed by atoms with Crippen molar-refractivity contribution in [2.45, 2.75) is 46.6 Å².